The fourth-order valence-corrected chi connectivity index (χ4v) is 2.29. The van der Waals surface area contributed by atoms with Gasteiger partial charge in [0.15, 0.2) is 0 Å². The molecule has 2 rings (SSSR count). The molecule has 94 valence electrons. The van der Waals surface area contributed by atoms with E-state index in [-0.39, 0.29) is 11.2 Å². The number of ether oxygens (including phenoxy) is 1. The van der Waals surface area contributed by atoms with Crippen molar-refractivity contribution in [3.8, 4) is 0 Å². The number of rotatable bonds is 3. The van der Waals surface area contributed by atoms with Crippen LogP contribution in [0, 0.1) is 0 Å². The molecule has 1 heterocycles. The van der Waals surface area contributed by atoms with Gasteiger partial charge in [-0.2, -0.15) is 4.98 Å². The zero-order valence-electron chi connectivity index (χ0n) is 10.4. The molecular formula is C12H18N2O3. The fourth-order valence-electron chi connectivity index (χ4n) is 2.29. The van der Waals surface area contributed by atoms with Crippen molar-refractivity contribution >= 4 is 5.97 Å². The summed E-state index contributed by atoms with van der Waals surface area (Å²) in [7, 11) is 0. The molecule has 1 fully saturated rings. The Morgan fingerprint density at radius 2 is 2.12 bits per heavy atom. The second-order valence-corrected chi connectivity index (χ2v) is 4.76. The molecule has 0 spiro atoms. The van der Waals surface area contributed by atoms with Crippen molar-refractivity contribution in [2.75, 3.05) is 6.61 Å². The molecule has 5 nitrogen and oxygen atoms in total. The summed E-state index contributed by atoms with van der Waals surface area (Å²) in [5, 5.41) is 3.69. The highest BCUT2D eigenvalue weighted by Gasteiger charge is 2.35. The summed E-state index contributed by atoms with van der Waals surface area (Å²) in [6.45, 7) is 4.19. The molecule has 1 saturated carbocycles. The lowest BCUT2D eigenvalue weighted by Crippen LogP contribution is -2.25. The van der Waals surface area contributed by atoms with Gasteiger partial charge in [0.2, 0.25) is 5.89 Å². The topological polar surface area (TPSA) is 65.2 Å². The quantitative estimate of drug-likeness (QED) is 0.757. The molecule has 0 radical (unpaired) electrons. The highest BCUT2D eigenvalue weighted by atomic mass is 16.5. The molecule has 0 aliphatic heterocycles. The van der Waals surface area contributed by atoms with Crippen molar-refractivity contribution in [3.63, 3.8) is 0 Å². The molecule has 1 aliphatic rings. The van der Waals surface area contributed by atoms with Gasteiger partial charge in [0, 0.05) is 5.41 Å². The number of esters is 1. The number of carbonyl (C=O) groups excluding carboxylic acids is 1. The average Bonchev–Trinajstić information content (AvgIpc) is 2.80. The third-order valence-corrected chi connectivity index (χ3v) is 3.36. The Hall–Kier alpha value is -1.39. The van der Waals surface area contributed by atoms with E-state index in [0.717, 1.165) is 12.8 Å². The first-order valence-electron chi connectivity index (χ1n) is 6.17. The van der Waals surface area contributed by atoms with Crippen LogP contribution < -0.4 is 0 Å². The number of hydrogen-bond donors (Lipinski definition) is 0. The van der Waals surface area contributed by atoms with Gasteiger partial charge in [-0.05, 0) is 24.9 Å². The predicted molar refractivity (Wildman–Crippen MR) is 60.7 cm³/mol. The maximum atomic E-state index is 11.4. The van der Waals surface area contributed by atoms with Gasteiger partial charge in [0.25, 0.3) is 5.82 Å². The van der Waals surface area contributed by atoms with Crippen molar-refractivity contribution in [2.45, 2.75) is 51.4 Å². The standard InChI is InChI=1S/C12H18N2O3/c1-3-16-10(15)9-13-11(17-14-9)12(2)7-5-4-6-8-12/h3-8H2,1-2H3. The molecule has 0 N–H and O–H groups in total. The van der Waals surface area contributed by atoms with Crippen LogP contribution in [0.3, 0.4) is 0 Å². The van der Waals surface area contributed by atoms with Crippen LogP contribution in [0.2, 0.25) is 0 Å². The van der Waals surface area contributed by atoms with E-state index in [4.69, 9.17) is 9.26 Å². The predicted octanol–water partition coefficient (Wildman–Crippen LogP) is 2.47. The second-order valence-electron chi connectivity index (χ2n) is 4.76. The summed E-state index contributed by atoms with van der Waals surface area (Å²) in [6.07, 6.45) is 5.69. The first-order chi connectivity index (χ1) is 8.15. The first kappa shape index (κ1) is 12.1. The van der Waals surface area contributed by atoms with Crippen molar-refractivity contribution in [1.82, 2.24) is 10.1 Å². The van der Waals surface area contributed by atoms with Crippen LogP contribution in [0.15, 0.2) is 4.52 Å². The van der Waals surface area contributed by atoms with Gasteiger partial charge in [-0.3, -0.25) is 0 Å². The highest BCUT2D eigenvalue weighted by molar-refractivity contribution is 5.84. The van der Waals surface area contributed by atoms with Gasteiger partial charge in [0.1, 0.15) is 0 Å². The molecule has 0 amide bonds. The van der Waals surface area contributed by atoms with Crippen LogP contribution >= 0.6 is 0 Å². The summed E-state index contributed by atoms with van der Waals surface area (Å²) in [5.74, 6) is 0.0933. The third kappa shape index (κ3) is 2.48. The average molecular weight is 238 g/mol. The van der Waals surface area contributed by atoms with Gasteiger partial charge >= 0.3 is 5.97 Å². The largest absolute Gasteiger partial charge is 0.460 e. The molecular weight excluding hydrogens is 220 g/mol. The minimum absolute atomic E-state index is 0.0358. The zero-order chi connectivity index (χ0) is 12.3. The van der Waals surface area contributed by atoms with Gasteiger partial charge in [-0.25, -0.2) is 4.79 Å². The van der Waals surface area contributed by atoms with Crippen molar-refractivity contribution in [1.29, 1.82) is 0 Å². The molecule has 0 bridgehead atoms. The Labute approximate surface area is 101 Å². The smallest absolute Gasteiger partial charge is 0.379 e. The molecule has 1 aromatic rings. The van der Waals surface area contributed by atoms with Crippen LogP contribution in [-0.4, -0.2) is 22.7 Å². The maximum absolute atomic E-state index is 11.4. The maximum Gasteiger partial charge on any atom is 0.379 e. The minimum Gasteiger partial charge on any atom is -0.460 e. The number of carbonyl (C=O) groups is 1. The van der Waals surface area contributed by atoms with Crippen LogP contribution in [0.1, 0.15) is 62.5 Å². The van der Waals surface area contributed by atoms with Crippen molar-refractivity contribution < 1.29 is 14.1 Å². The van der Waals surface area contributed by atoms with Gasteiger partial charge < -0.3 is 9.26 Å². The Morgan fingerprint density at radius 1 is 1.41 bits per heavy atom. The molecule has 0 saturated heterocycles. The summed E-state index contributed by atoms with van der Waals surface area (Å²) in [6, 6.07) is 0. The van der Waals surface area contributed by atoms with Crippen LogP contribution in [0.5, 0.6) is 0 Å². The SMILES string of the molecule is CCOC(=O)c1noc(C2(C)CCCCC2)n1. The number of aromatic nitrogens is 2. The molecule has 0 unspecified atom stereocenters. The summed E-state index contributed by atoms with van der Waals surface area (Å²) in [4.78, 5) is 15.6. The van der Waals surface area contributed by atoms with E-state index in [1.807, 2.05) is 0 Å². The Bertz CT molecular complexity index is 394. The minimum atomic E-state index is -0.512. The summed E-state index contributed by atoms with van der Waals surface area (Å²) >= 11 is 0. The Kier molecular flexibility index (Phi) is 3.45. The lowest BCUT2D eigenvalue weighted by Gasteiger charge is -2.29. The molecule has 1 aromatic heterocycles. The van der Waals surface area contributed by atoms with Crippen molar-refractivity contribution in [2.24, 2.45) is 0 Å². The van der Waals surface area contributed by atoms with Gasteiger partial charge in [-0.1, -0.05) is 26.2 Å². The Balaban J connectivity index is 2.14. The summed E-state index contributed by atoms with van der Waals surface area (Å²) in [5.41, 5.74) is -0.0734. The second kappa shape index (κ2) is 4.85. The lowest BCUT2D eigenvalue weighted by atomic mass is 9.76. The monoisotopic (exact) mass is 238 g/mol. The lowest BCUT2D eigenvalue weighted by molar-refractivity contribution is 0.0508. The third-order valence-electron chi connectivity index (χ3n) is 3.36. The van der Waals surface area contributed by atoms with E-state index in [1.165, 1.54) is 19.3 Å². The molecule has 5 heteroatoms. The van der Waals surface area contributed by atoms with E-state index < -0.39 is 5.97 Å². The van der Waals surface area contributed by atoms with Crippen molar-refractivity contribution in [3.05, 3.63) is 11.7 Å². The zero-order valence-corrected chi connectivity index (χ0v) is 10.4. The number of hydrogen-bond acceptors (Lipinski definition) is 5. The van der Waals surface area contributed by atoms with Gasteiger partial charge in [-0.15, -0.1) is 0 Å². The molecule has 17 heavy (non-hydrogen) atoms. The summed E-state index contributed by atoms with van der Waals surface area (Å²) < 4.78 is 10.1. The highest BCUT2D eigenvalue weighted by Crippen LogP contribution is 2.37. The van der Waals surface area contributed by atoms with Crippen LogP contribution in [0.25, 0.3) is 0 Å². The first-order valence-corrected chi connectivity index (χ1v) is 6.17. The van der Waals surface area contributed by atoms with E-state index >= 15 is 0 Å². The van der Waals surface area contributed by atoms with Gasteiger partial charge in [0.05, 0.1) is 6.61 Å². The Morgan fingerprint density at radius 3 is 2.76 bits per heavy atom. The molecule has 1 aliphatic carbocycles. The molecule has 0 atom stereocenters. The van der Waals surface area contributed by atoms with E-state index in [1.54, 1.807) is 6.92 Å². The van der Waals surface area contributed by atoms with E-state index in [2.05, 4.69) is 17.1 Å². The fraction of sp³-hybridized carbons (Fsp3) is 0.750. The van der Waals surface area contributed by atoms with E-state index in [9.17, 15) is 4.79 Å². The van der Waals surface area contributed by atoms with Crippen LogP contribution in [0.4, 0.5) is 0 Å². The number of nitrogens with zero attached hydrogens (tertiary/aromatic N) is 2. The normalized spacial score (nSPS) is 18.9. The van der Waals surface area contributed by atoms with Crippen LogP contribution in [-0.2, 0) is 10.2 Å². The molecule has 0 aromatic carbocycles. The van der Waals surface area contributed by atoms with E-state index in [0.29, 0.717) is 12.5 Å².